The highest BCUT2D eigenvalue weighted by Gasteiger charge is 2.30. The van der Waals surface area contributed by atoms with Crippen molar-refractivity contribution in [1.82, 2.24) is 5.32 Å². The maximum absolute atomic E-state index is 5.72. The average Bonchev–Trinajstić information content (AvgIpc) is 2.95. The molecule has 0 saturated heterocycles. The second-order valence-corrected chi connectivity index (χ2v) is 6.49. The van der Waals surface area contributed by atoms with E-state index in [4.69, 9.17) is 14.5 Å². The van der Waals surface area contributed by atoms with Gasteiger partial charge in [-0.05, 0) is 37.1 Å². The smallest absolute Gasteiger partial charge is 0.157 e. The van der Waals surface area contributed by atoms with Crippen LogP contribution in [-0.2, 0) is 0 Å². The van der Waals surface area contributed by atoms with Crippen molar-refractivity contribution >= 4 is 16.9 Å². The summed E-state index contributed by atoms with van der Waals surface area (Å²) >= 11 is 1.77. The number of ether oxygens (including phenoxy) is 2. The number of nitrogens with one attached hydrogen (secondary N) is 1. The van der Waals surface area contributed by atoms with Crippen LogP contribution in [0.5, 0.6) is 11.5 Å². The molecule has 0 spiro atoms. The third-order valence-corrected chi connectivity index (χ3v) is 4.84. The molecule has 0 amide bonds. The minimum atomic E-state index is 0.517. The van der Waals surface area contributed by atoms with Crippen molar-refractivity contribution in [2.45, 2.75) is 37.8 Å². The first-order chi connectivity index (χ1) is 10.3. The largest absolute Gasteiger partial charge is 0.497 e. The number of benzene rings is 1. The Balaban J connectivity index is 1.38. The zero-order valence-electron chi connectivity index (χ0n) is 12.4. The molecule has 2 aliphatic rings. The lowest BCUT2D eigenvalue weighted by Gasteiger charge is -2.23. The Morgan fingerprint density at radius 2 is 1.95 bits per heavy atom. The fourth-order valence-electron chi connectivity index (χ4n) is 2.83. The number of amidine groups is 1. The van der Waals surface area contributed by atoms with Crippen molar-refractivity contribution in [2.24, 2.45) is 4.99 Å². The molecule has 5 heteroatoms. The van der Waals surface area contributed by atoms with Gasteiger partial charge in [0.1, 0.15) is 11.5 Å². The second-order valence-electron chi connectivity index (χ2n) is 5.41. The molecule has 4 nitrogen and oxygen atoms in total. The maximum atomic E-state index is 5.72. The molecular weight excluding hydrogens is 284 g/mol. The number of hydrogen-bond acceptors (Lipinski definition) is 5. The standard InChI is InChI=1S/C16H22N2O2S/c1-19-12-6-8-13(9-7-12)20-10-11-21-16-17-14-4-2-3-5-15(14)18-16/h6-9,14-15H,2-5,10-11H2,1H3,(H,17,18). The number of aliphatic imine (C=N–C) groups is 1. The lowest BCUT2D eigenvalue weighted by molar-refractivity contribution is 0.343. The van der Waals surface area contributed by atoms with Crippen molar-refractivity contribution in [3.8, 4) is 11.5 Å². The topological polar surface area (TPSA) is 42.9 Å². The van der Waals surface area contributed by atoms with E-state index in [9.17, 15) is 0 Å². The van der Waals surface area contributed by atoms with Crippen LogP contribution in [0.2, 0.25) is 0 Å². The molecule has 1 heterocycles. The summed E-state index contributed by atoms with van der Waals surface area (Å²) in [5.74, 6) is 2.65. The van der Waals surface area contributed by atoms with Crippen LogP contribution in [0.25, 0.3) is 0 Å². The zero-order valence-corrected chi connectivity index (χ0v) is 13.2. The maximum Gasteiger partial charge on any atom is 0.157 e. The van der Waals surface area contributed by atoms with Gasteiger partial charge in [-0.15, -0.1) is 0 Å². The van der Waals surface area contributed by atoms with E-state index in [0.29, 0.717) is 18.7 Å². The third kappa shape index (κ3) is 3.84. The third-order valence-electron chi connectivity index (χ3n) is 3.97. The van der Waals surface area contributed by atoms with Gasteiger partial charge >= 0.3 is 0 Å². The van der Waals surface area contributed by atoms with Crippen LogP contribution in [0.4, 0.5) is 0 Å². The number of nitrogens with zero attached hydrogens (tertiary/aromatic N) is 1. The monoisotopic (exact) mass is 306 g/mol. The van der Waals surface area contributed by atoms with Crippen molar-refractivity contribution in [3.63, 3.8) is 0 Å². The Morgan fingerprint density at radius 1 is 1.19 bits per heavy atom. The molecule has 0 aromatic heterocycles. The Morgan fingerprint density at radius 3 is 2.71 bits per heavy atom. The van der Waals surface area contributed by atoms with Gasteiger partial charge < -0.3 is 14.8 Å². The van der Waals surface area contributed by atoms with E-state index in [1.165, 1.54) is 25.7 Å². The fraction of sp³-hybridized carbons (Fsp3) is 0.562. The molecule has 1 aliphatic carbocycles. The first-order valence-electron chi connectivity index (χ1n) is 7.59. The summed E-state index contributed by atoms with van der Waals surface area (Å²) in [4.78, 5) is 4.77. The number of methoxy groups -OCH3 is 1. The van der Waals surface area contributed by atoms with Gasteiger partial charge in [0.15, 0.2) is 5.17 Å². The van der Waals surface area contributed by atoms with Crippen molar-refractivity contribution < 1.29 is 9.47 Å². The highest BCUT2D eigenvalue weighted by molar-refractivity contribution is 8.13. The minimum Gasteiger partial charge on any atom is -0.497 e. The highest BCUT2D eigenvalue weighted by atomic mass is 32.2. The average molecular weight is 306 g/mol. The molecule has 1 aromatic rings. The van der Waals surface area contributed by atoms with E-state index >= 15 is 0 Å². The van der Waals surface area contributed by atoms with E-state index < -0.39 is 0 Å². The van der Waals surface area contributed by atoms with Gasteiger partial charge in [-0.1, -0.05) is 24.6 Å². The van der Waals surface area contributed by atoms with E-state index in [-0.39, 0.29) is 0 Å². The molecule has 0 bridgehead atoms. The van der Waals surface area contributed by atoms with Gasteiger partial charge in [-0.2, -0.15) is 0 Å². The fourth-order valence-corrected chi connectivity index (χ4v) is 3.63. The Bertz CT molecular complexity index is 490. The SMILES string of the molecule is COc1ccc(OCCSC2=NC3CCCCC3N2)cc1. The second kappa shape index (κ2) is 7.07. The molecular formula is C16H22N2O2S. The predicted octanol–water partition coefficient (Wildman–Crippen LogP) is 3.08. The first-order valence-corrected chi connectivity index (χ1v) is 8.58. The minimum absolute atomic E-state index is 0.517. The van der Waals surface area contributed by atoms with E-state index in [0.717, 1.165) is 22.4 Å². The van der Waals surface area contributed by atoms with Crippen molar-refractivity contribution in [3.05, 3.63) is 24.3 Å². The van der Waals surface area contributed by atoms with Crippen molar-refractivity contribution in [1.29, 1.82) is 0 Å². The quantitative estimate of drug-likeness (QED) is 0.849. The van der Waals surface area contributed by atoms with Crippen LogP contribution in [-0.4, -0.2) is 36.7 Å². The molecule has 1 saturated carbocycles. The summed E-state index contributed by atoms with van der Waals surface area (Å²) in [5.41, 5.74) is 0. The number of hydrogen-bond donors (Lipinski definition) is 1. The first kappa shape index (κ1) is 14.6. The lowest BCUT2D eigenvalue weighted by atomic mass is 9.92. The van der Waals surface area contributed by atoms with Gasteiger partial charge in [0.25, 0.3) is 0 Å². The molecule has 1 N–H and O–H groups in total. The van der Waals surface area contributed by atoms with Crippen LogP contribution >= 0.6 is 11.8 Å². The Labute approximate surface area is 130 Å². The zero-order chi connectivity index (χ0) is 14.5. The van der Waals surface area contributed by atoms with Crippen LogP contribution in [0.3, 0.4) is 0 Å². The lowest BCUT2D eigenvalue weighted by Crippen LogP contribution is -2.36. The molecule has 21 heavy (non-hydrogen) atoms. The summed E-state index contributed by atoms with van der Waals surface area (Å²) in [7, 11) is 1.67. The summed E-state index contributed by atoms with van der Waals surface area (Å²) in [6, 6.07) is 8.80. The molecule has 2 atom stereocenters. The van der Waals surface area contributed by atoms with Crippen molar-refractivity contribution in [2.75, 3.05) is 19.5 Å². The normalized spacial score (nSPS) is 24.0. The van der Waals surface area contributed by atoms with E-state index in [1.54, 1.807) is 18.9 Å². The van der Waals surface area contributed by atoms with Crippen LogP contribution in [0, 0.1) is 0 Å². The molecule has 1 aromatic carbocycles. The van der Waals surface area contributed by atoms with Gasteiger partial charge in [0.05, 0.1) is 25.8 Å². The van der Waals surface area contributed by atoms with Crippen LogP contribution in [0.15, 0.2) is 29.3 Å². The summed E-state index contributed by atoms with van der Waals surface area (Å²) in [6.45, 7) is 0.688. The molecule has 3 rings (SSSR count). The van der Waals surface area contributed by atoms with E-state index in [1.807, 2.05) is 24.3 Å². The van der Waals surface area contributed by atoms with Gasteiger partial charge in [-0.3, -0.25) is 4.99 Å². The van der Waals surface area contributed by atoms with Gasteiger partial charge in [0.2, 0.25) is 0 Å². The molecule has 0 radical (unpaired) electrons. The predicted molar refractivity (Wildman–Crippen MR) is 87.6 cm³/mol. The number of thioether (sulfide) groups is 1. The summed E-state index contributed by atoms with van der Waals surface area (Å²) in [6.07, 6.45) is 5.16. The Hall–Kier alpha value is -1.36. The molecule has 1 fully saturated rings. The van der Waals surface area contributed by atoms with Crippen LogP contribution < -0.4 is 14.8 Å². The summed E-state index contributed by atoms with van der Waals surface area (Å²) < 4.78 is 10.8. The van der Waals surface area contributed by atoms with Gasteiger partial charge in [0, 0.05) is 5.75 Å². The number of fused-ring (bicyclic) bond motifs is 1. The highest BCUT2D eigenvalue weighted by Crippen LogP contribution is 2.27. The summed E-state index contributed by atoms with van der Waals surface area (Å²) in [5, 5.41) is 4.65. The van der Waals surface area contributed by atoms with E-state index in [2.05, 4.69) is 5.32 Å². The Kier molecular flexibility index (Phi) is 4.91. The van der Waals surface area contributed by atoms with Crippen LogP contribution in [0.1, 0.15) is 25.7 Å². The number of rotatable bonds is 5. The molecule has 114 valence electrons. The molecule has 1 aliphatic heterocycles. The van der Waals surface area contributed by atoms with Gasteiger partial charge in [-0.25, -0.2) is 0 Å². The molecule has 2 unspecified atom stereocenters.